The molecule has 132 valence electrons. The molecule has 0 aliphatic carbocycles. The molecular weight excluding hydrogens is 328 g/mol. The third kappa shape index (κ3) is 6.33. The molecule has 0 amide bonds. The predicted molar refractivity (Wildman–Crippen MR) is 110 cm³/mol. The lowest BCUT2D eigenvalue weighted by atomic mass is 10.2. The van der Waals surface area contributed by atoms with E-state index in [-0.39, 0.29) is 0 Å². The Morgan fingerprint density at radius 2 is 2.12 bits per heavy atom. The summed E-state index contributed by atoms with van der Waals surface area (Å²) in [6, 6.07) is 6.15. The van der Waals surface area contributed by atoms with E-state index in [1.165, 1.54) is 17.1 Å². The Bertz CT molecular complexity index is 782. The quantitative estimate of drug-likeness (QED) is 0.450. The molecule has 0 aliphatic rings. The number of benzene rings is 1. The van der Waals surface area contributed by atoms with E-state index in [2.05, 4.69) is 67.1 Å². The zero-order chi connectivity index (χ0) is 18.1. The summed E-state index contributed by atoms with van der Waals surface area (Å²) in [6.07, 6.45) is 12.2. The van der Waals surface area contributed by atoms with Gasteiger partial charge in [0.25, 0.3) is 0 Å². The highest BCUT2D eigenvalue weighted by Crippen LogP contribution is 2.27. The summed E-state index contributed by atoms with van der Waals surface area (Å²) >= 11 is 1.50. The summed E-state index contributed by atoms with van der Waals surface area (Å²) in [4.78, 5) is 2.18. The summed E-state index contributed by atoms with van der Waals surface area (Å²) in [7, 11) is 2.06. The number of nitrogens with zero attached hydrogens (tertiary/aromatic N) is 2. The average molecular weight is 355 g/mol. The van der Waals surface area contributed by atoms with E-state index in [0.29, 0.717) is 6.61 Å². The summed E-state index contributed by atoms with van der Waals surface area (Å²) in [5, 5.41) is 1.16. The molecule has 1 aromatic carbocycles. The van der Waals surface area contributed by atoms with Gasteiger partial charge in [0.15, 0.2) is 0 Å². The van der Waals surface area contributed by atoms with Gasteiger partial charge in [-0.2, -0.15) is 4.37 Å². The highest BCUT2D eigenvalue weighted by Gasteiger charge is 2.04. The van der Waals surface area contributed by atoms with Crippen molar-refractivity contribution >= 4 is 27.7 Å². The van der Waals surface area contributed by atoms with Crippen LogP contribution in [0.3, 0.4) is 0 Å². The molecule has 0 atom stereocenters. The molecule has 0 saturated heterocycles. The maximum atomic E-state index is 5.80. The molecule has 4 heteroatoms. The first-order valence-electron chi connectivity index (χ1n) is 8.38. The SMILES string of the molecule is C=CCN(C)CC=CCOc1ccc2c(C=CC=C(C)C)nsc2c1. The summed E-state index contributed by atoms with van der Waals surface area (Å²) in [6.45, 7) is 10.2. The highest BCUT2D eigenvalue weighted by atomic mass is 32.1. The maximum Gasteiger partial charge on any atom is 0.121 e. The molecule has 1 heterocycles. The molecule has 25 heavy (non-hydrogen) atoms. The van der Waals surface area contributed by atoms with Gasteiger partial charge in [0.2, 0.25) is 0 Å². The standard InChI is InChI=1S/C21H26N2OS/c1-5-13-23(4)14-6-7-15-24-18-11-12-19-20(10-8-9-17(2)3)22-25-21(19)16-18/h5-12,16H,1,13-15H2,2-4H3. The van der Waals surface area contributed by atoms with Crippen molar-refractivity contribution in [1.29, 1.82) is 0 Å². The first-order chi connectivity index (χ1) is 12.1. The maximum absolute atomic E-state index is 5.80. The monoisotopic (exact) mass is 354 g/mol. The number of allylic oxidation sites excluding steroid dienone is 3. The number of likely N-dealkylation sites (N-methyl/N-ethyl adjacent to an activating group) is 1. The molecule has 0 radical (unpaired) electrons. The van der Waals surface area contributed by atoms with E-state index in [1.54, 1.807) is 0 Å². The fourth-order valence-electron chi connectivity index (χ4n) is 2.24. The minimum Gasteiger partial charge on any atom is -0.489 e. The largest absolute Gasteiger partial charge is 0.489 e. The normalized spacial score (nSPS) is 11.7. The van der Waals surface area contributed by atoms with Crippen LogP contribution in [0, 0.1) is 0 Å². The van der Waals surface area contributed by atoms with E-state index in [9.17, 15) is 0 Å². The second-order valence-electron chi connectivity index (χ2n) is 6.12. The number of rotatable bonds is 9. The van der Waals surface area contributed by atoms with Crippen LogP contribution >= 0.6 is 11.5 Å². The van der Waals surface area contributed by atoms with Crippen LogP contribution in [-0.4, -0.2) is 36.0 Å². The Balaban J connectivity index is 1.93. The van der Waals surface area contributed by atoms with Gasteiger partial charge in [0.1, 0.15) is 12.4 Å². The Labute approximate surface area is 154 Å². The molecule has 0 fully saturated rings. The third-order valence-corrected chi connectivity index (χ3v) is 4.35. The minimum absolute atomic E-state index is 0.569. The van der Waals surface area contributed by atoms with Crippen molar-refractivity contribution in [2.45, 2.75) is 13.8 Å². The fourth-order valence-corrected chi connectivity index (χ4v) is 3.04. The van der Waals surface area contributed by atoms with E-state index in [4.69, 9.17) is 4.74 Å². The van der Waals surface area contributed by atoms with Gasteiger partial charge in [-0.1, -0.05) is 36.0 Å². The Morgan fingerprint density at radius 3 is 2.88 bits per heavy atom. The second kappa shape index (κ2) is 9.97. The number of hydrogen-bond acceptors (Lipinski definition) is 4. The van der Waals surface area contributed by atoms with Crippen molar-refractivity contribution in [1.82, 2.24) is 9.27 Å². The Morgan fingerprint density at radius 1 is 1.28 bits per heavy atom. The molecule has 0 bridgehead atoms. The van der Waals surface area contributed by atoms with Crippen LogP contribution in [0.1, 0.15) is 19.5 Å². The molecule has 0 aliphatic heterocycles. The van der Waals surface area contributed by atoms with Crippen molar-refractivity contribution in [3.8, 4) is 5.75 Å². The van der Waals surface area contributed by atoms with Gasteiger partial charge in [-0.05, 0) is 56.7 Å². The van der Waals surface area contributed by atoms with E-state index < -0.39 is 0 Å². The molecular formula is C21H26N2OS. The van der Waals surface area contributed by atoms with E-state index in [1.807, 2.05) is 24.3 Å². The van der Waals surface area contributed by atoms with Gasteiger partial charge in [0, 0.05) is 18.5 Å². The molecule has 1 aromatic heterocycles. The van der Waals surface area contributed by atoms with Crippen molar-refractivity contribution in [2.75, 3.05) is 26.7 Å². The van der Waals surface area contributed by atoms with Crippen molar-refractivity contribution < 1.29 is 4.74 Å². The van der Waals surface area contributed by atoms with Gasteiger partial charge < -0.3 is 4.74 Å². The van der Waals surface area contributed by atoms with Crippen LogP contribution in [0.5, 0.6) is 5.75 Å². The fraction of sp³-hybridized carbons (Fsp3) is 0.286. The van der Waals surface area contributed by atoms with Gasteiger partial charge in [-0.3, -0.25) is 4.90 Å². The van der Waals surface area contributed by atoms with E-state index >= 15 is 0 Å². The van der Waals surface area contributed by atoms with Crippen LogP contribution in [0.15, 0.2) is 60.7 Å². The Kier molecular flexibility index (Phi) is 7.64. The van der Waals surface area contributed by atoms with Crippen LogP contribution in [0.25, 0.3) is 16.2 Å². The Hall–Kier alpha value is -2.17. The second-order valence-corrected chi connectivity index (χ2v) is 6.93. The van der Waals surface area contributed by atoms with Crippen molar-refractivity contribution in [2.24, 2.45) is 0 Å². The lowest BCUT2D eigenvalue weighted by molar-refractivity contribution is 0.361. The van der Waals surface area contributed by atoms with Gasteiger partial charge in [-0.15, -0.1) is 6.58 Å². The average Bonchev–Trinajstić information content (AvgIpc) is 2.97. The lowest BCUT2D eigenvalue weighted by Gasteiger charge is -2.10. The summed E-state index contributed by atoms with van der Waals surface area (Å²) < 4.78 is 11.5. The minimum atomic E-state index is 0.569. The molecule has 0 spiro atoms. The molecule has 2 aromatic rings. The molecule has 3 nitrogen and oxygen atoms in total. The lowest BCUT2D eigenvalue weighted by Crippen LogP contribution is -2.17. The topological polar surface area (TPSA) is 25.4 Å². The van der Waals surface area contributed by atoms with Crippen LogP contribution in [0.2, 0.25) is 0 Å². The van der Waals surface area contributed by atoms with E-state index in [0.717, 1.165) is 34.6 Å². The highest BCUT2D eigenvalue weighted by molar-refractivity contribution is 7.13. The molecule has 2 rings (SSSR count). The van der Waals surface area contributed by atoms with Crippen LogP contribution in [-0.2, 0) is 0 Å². The predicted octanol–water partition coefficient (Wildman–Crippen LogP) is 5.33. The van der Waals surface area contributed by atoms with Crippen molar-refractivity contribution in [3.63, 3.8) is 0 Å². The first kappa shape index (κ1) is 19.2. The molecule has 0 unspecified atom stereocenters. The summed E-state index contributed by atoms with van der Waals surface area (Å²) in [5.74, 6) is 0.875. The van der Waals surface area contributed by atoms with Crippen molar-refractivity contribution in [3.05, 3.63) is 66.4 Å². The third-order valence-electron chi connectivity index (χ3n) is 3.53. The van der Waals surface area contributed by atoms with Crippen LogP contribution < -0.4 is 4.74 Å². The first-order valence-corrected chi connectivity index (χ1v) is 9.15. The van der Waals surface area contributed by atoms with Gasteiger partial charge in [-0.25, -0.2) is 0 Å². The van der Waals surface area contributed by atoms with Gasteiger partial charge in [0.05, 0.1) is 10.4 Å². The number of ether oxygens (including phenoxy) is 1. The zero-order valence-corrected chi connectivity index (χ0v) is 16.1. The van der Waals surface area contributed by atoms with Gasteiger partial charge >= 0.3 is 0 Å². The van der Waals surface area contributed by atoms with Crippen LogP contribution in [0.4, 0.5) is 0 Å². The number of hydrogen-bond donors (Lipinski definition) is 0. The summed E-state index contributed by atoms with van der Waals surface area (Å²) in [5.41, 5.74) is 2.28. The molecule has 0 N–H and O–H groups in total. The zero-order valence-electron chi connectivity index (χ0n) is 15.2. The number of fused-ring (bicyclic) bond motifs is 1. The smallest absolute Gasteiger partial charge is 0.121 e. The molecule has 0 saturated carbocycles. The number of aromatic nitrogens is 1.